The molecule has 0 bridgehead atoms. The van der Waals surface area contributed by atoms with Crippen molar-refractivity contribution in [3.63, 3.8) is 0 Å². The maximum Gasteiger partial charge on any atom is 0.0208 e. The largest absolute Gasteiger partial charge is 0.310 e. The van der Waals surface area contributed by atoms with Crippen LogP contribution >= 0.6 is 0 Å². The Morgan fingerprint density at radius 1 is 1.00 bits per heavy atom. The summed E-state index contributed by atoms with van der Waals surface area (Å²) in [5.41, 5.74) is 4.67. The van der Waals surface area contributed by atoms with Gasteiger partial charge < -0.3 is 5.32 Å². The Bertz CT molecular complexity index is 429. The molecule has 3 rings (SSSR count). The maximum atomic E-state index is 3.79. The monoisotopic (exact) mass is 271 g/mol. The Morgan fingerprint density at radius 2 is 1.75 bits per heavy atom. The van der Waals surface area contributed by atoms with Gasteiger partial charge in [0.05, 0.1) is 0 Å². The van der Waals surface area contributed by atoms with E-state index in [0.717, 1.165) is 12.5 Å². The van der Waals surface area contributed by atoms with Crippen molar-refractivity contribution in [1.29, 1.82) is 0 Å². The van der Waals surface area contributed by atoms with Crippen LogP contribution in [0.15, 0.2) is 18.2 Å². The average molecular weight is 271 g/mol. The van der Waals surface area contributed by atoms with Gasteiger partial charge in [-0.3, -0.25) is 0 Å². The first kappa shape index (κ1) is 14.1. The minimum Gasteiger partial charge on any atom is -0.310 e. The van der Waals surface area contributed by atoms with Crippen LogP contribution in [0.2, 0.25) is 0 Å². The number of nitrogens with one attached hydrogen (secondary N) is 1. The van der Waals surface area contributed by atoms with Crippen molar-refractivity contribution in [2.75, 3.05) is 0 Å². The summed E-state index contributed by atoms with van der Waals surface area (Å²) in [6.07, 6.45) is 12.6. The zero-order valence-corrected chi connectivity index (χ0v) is 13.0. The van der Waals surface area contributed by atoms with Crippen molar-refractivity contribution in [2.24, 2.45) is 5.92 Å². The average Bonchev–Trinajstić information content (AvgIpc) is 2.76. The van der Waals surface area contributed by atoms with E-state index < -0.39 is 0 Å². The molecular formula is C19H29N. The van der Waals surface area contributed by atoms with E-state index >= 15 is 0 Å². The van der Waals surface area contributed by atoms with Gasteiger partial charge >= 0.3 is 0 Å². The van der Waals surface area contributed by atoms with E-state index in [4.69, 9.17) is 0 Å². The lowest BCUT2D eigenvalue weighted by Gasteiger charge is -2.24. The topological polar surface area (TPSA) is 12.0 Å². The van der Waals surface area contributed by atoms with Crippen molar-refractivity contribution >= 4 is 0 Å². The van der Waals surface area contributed by atoms with Crippen LogP contribution in [0.5, 0.6) is 0 Å². The fourth-order valence-electron chi connectivity index (χ4n) is 3.99. The van der Waals surface area contributed by atoms with Crippen molar-refractivity contribution in [1.82, 2.24) is 5.32 Å². The lowest BCUT2D eigenvalue weighted by Crippen LogP contribution is -2.32. The number of fused-ring (bicyclic) bond motifs is 1. The normalized spacial score (nSPS) is 21.4. The lowest BCUT2D eigenvalue weighted by atomic mass is 9.93. The molecule has 0 aromatic heterocycles. The summed E-state index contributed by atoms with van der Waals surface area (Å²) < 4.78 is 0. The van der Waals surface area contributed by atoms with E-state index in [0.29, 0.717) is 6.04 Å². The smallest absolute Gasteiger partial charge is 0.0208 e. The third-order valence-corrected chi connectivity index (χ3v) is 5.40. The molecule has 1 aromatic carbocycles. The Labute approximate surface area is 124 Å². The first-order valence-corrected chi connectivity index (χ1v) is 8.67. The van der Waals surface area contributed by atoms with Gasteiger partial charge in [0, 0.05) is 12.6 Å². The van der Waals surface area contributed by atoms with Crippen LogP contribution in [0.1, 0.15) is 68.6 Å². The third kappa shape index (κ3) is 3.44. The highest BCUT2D eigenvalue weighted by Crippen LogP contribution is 2.26. The number of hydrogen-bond donors (Lipinski definition) is 1. The second-order valence-electron chi connectivity index (χ2n) is 6.88. The van der Waals surface area contributed by atoms with Crippen molar-refractivity contribution < 1.29 is 0 Å². The molecule has 1 heteroatoms. The predicted molar refractivity (Wildman–Crippen MR) is 86.0 cm³/mol. The van der Waals surface area contributed by atoms with E-state index in [2.05, 4.69) is 30.4 Å². The molecule has 1 fully saturated rings. The van der Waals surface area contributed by atoms with E-state index in [1.165, 1.54) is 63.4 Å². The Balaban J connectivity index is 1.53. The summed E-state index contributed by atoms with van der Waals surface area (Å²) in [6.45, 7) is 3.44. The molecule has 0 spiro atoms. The highest BCUT2D eigenvalue weighted by molar-refractivity contribution is 5.35. The molecular weight excluding hydrogens is 242 g/mol. The summed E-state index contributed by atoms with van der Waals surface area (Å²) >= 11 is 0. The van der Waals surface area contributed by atoms with Crippen LogP contribution in [-0.2, 0) is 19.4 Å². The van der Waals surface area contributed by atoms with Crippen molar-refractivity contribution in [2.45, 2.75) is 77.3 Å². The van der Waals surface area contributed by atoms with Crippen LogP contribution in [0.25, 0.3) is 0 Å². The van der Waals surface area contributed by atoms with Gasteiger partial charge in [0.25, 0.3) is 0 Å². The zero-order valence-electron chi connectivity index (χ0n) is 13.0. The summed E-state index contributed by atoms with van der Waals surface area (Å²) in [7, 11) is 0. The first-order chi connectivity index (χ1) is 9.83. The lowest BCUT2D eigenvalue weighted by molar-refractivity contribution is 0.336. The van der Waals surface area contributed by atoms with Gasteiger partial charge in [-0.2, -0.15) is 0 Å². The number of aryl methyl sites for hydroxylation is 2. The quantitative estimate of drug-likeness (QED) is 0.788. The van der Waals surface area contributed by atoms with Crippen molar-refractivity contribution in [3.8, 4) is 0 Å². The Hall–Kier alpha value is -0.820. The molecule has 0 amide bonds. The molecule has 0 heterocycles. The molecule has 1 N–H and O–H groups in total. The fourth-order valence-corrected chi connectivity index (χ4v) is 3.99. The number of rotatable bonds is 4. The zero-order chi connectivity index (χ0) is 13.8. The van der Waals surface area contributed by atoms with Gasteiger partial charge in [-0.1, -0.05) is 43.9 Å². The highest BCUT2D eigenvalue weighted by atomic mass is 14.9. The molecule has 0 radical (unpaired) electrons. The summed E-state index contributed by atoms with van der Waals surface area (Å²) in [5, 5.41) is 3.79. The Kier molecular flexibility index (Phi) is 4.77. The van der Waals surface area contributed by atoms with Crippen LogP contribution in [0, 0.1) is 5.92 Å². The van der Waals surface area contributed by atoms with Gasteiger partial charge in [0.2, 0.25) is 0 Å². The Morgan fingerprint density at radius 3 is 2.55 bits per heavy atom. The van der Waals surface area contributed by atoms with Crippen LogP contribution in [-0.4, -0.2) is 6.04 Å². The first-order valence-electron chi connectivity index (χ1n) is 8.67. The third-order valence-electron chi connectivity index (χ3n) is 5.40. The fraction of sp³-hybridized carbons (Fsp3) is 0.684. The predicted octanol–water partition coefficient (Wildman–Crippen LogP) is 4.62. The van der Waals surface area contributed by atoms with Gasteiger partial charge in [-0.25, -0.2) is 0 Å². The highest BCUT2D eigenvalue weighted by Gasteiger charge is 2.18. The van der Waals surface area contributed by atoms with E-state index in [1.807, 2.05) is 0 Å². The molecule has 1 aromatic rings. The maximum absolute atomic E-state index is 3.79. The minimum absolute atomic E-state index is 0.668. The summed E-state index contributed by atoms with van der Waals surface area (Å²) in [4.78, 5) is 0. The van der Waals surface area contributed by atoms with E-state index in [1.54, 1.807) is 11.1 Å². The molecule has 0 aliphatic heterocycles. The molecule has 110 valence electrons. The van der Waals surface area contributed by atoms with Gasteiger partial charge in [0.15, 0.2) is 0 Å². The van der Waals surface area contributed by atoms with Gasteiger partial charge in [0.1, 0.15) is 0 Å². The second-order valence-corrected chi connectivity index (χ2v) is 6.88. The standard InChI is InChI=1S/C19H29N/c1-15(17-7-4-2-3-5-8-17)20-14-16-11-12-18-9-6-10-19(18)13-16/h11-13,15,17,20H,2-10,14H2,1H3/t15-/m1/s1. The van der Waals surface area contributed by atoms with Crippen molar-refractivity contribution in [3.05, 3.63) is 34.9 Å². The molecule has 1 saturated carbocycles. The molecule has 2 aliphatic carbocycles. The SMILES string of the molecule is C[C@@H](NCc1ccc2c(c1)CCC2)C1CCCCCC1. The van der Waals surface area contributed by atoms with E-state index in [-0.39, 0.29) is 0 Å². The van der Waals surface area contributed by atoms with Gasteiger partial charge in [-0.05, 0) is 61.6 Å². The molecule has 2 aliphatic rings. The molecule has 20 heavy (non-hydrogen) atoms. The molecule has 0 unspecified atom stereocenters. The minimum atomic E-state index is 0.668. The molecule has 1 nitrogen and oxygen atoms in total. The number of benzene rings is 1. The summed E-state index contributed by atoms with van der Waals surface area (Å²) in [6, 6.07) is 7.79. The molecule has 0 saturated heterocycles. The second kappa shape index (κ2) is 6.76. The van der Waals surface area contributed by atoms with Crippen LogP contribution in [0.3, 0.4) is 0 Å². The van der Waals surface area contributed by atoms with E-state index in [9.17, 15) is 0 Å². The number of hydrogen-bond acceptors (Lipinski definition) is 1. The van der Waals surface area contributed by atoms with Gasteiger partial charge in [-0.15, -0.1) is 0 Å². The summed E-state index contributed by atoms with van der Waals surface area (Å²) in [5.74, 6) is 0.895. The van der Waals surface area contributed by atoms with Crippen LogP contribution < -0.4 is 5.32 Å². The molecule has 1 atom stereocenters. The van der Waals surface area contributed by atoms with Crippen LogP contribution in [0.4, 0.5) is 0 Å².